The first-order valence-electron chi connectivity index (χ1n) is 13.4. The molecular formula is C30H38N2O4. The number of hydrogen-bond acceptors (Lipinski definition) is 6. The number of methoxy groups -OCH3 is 1. The first-order valence-corrected chi connectivity index (χ1v) is 13.4. The average molecular weight is 491 g/mol. The lowest BCUT2D eigenvalue weighted by molar-refractivity contribution is 0.0372. The van der Waals surface area contributed by atoms with Crippen LogP contribution in [0.15, 0.2) is 57.7 Å². The van der Waals surface area contributed by atoms with E-state index in [9.17, 15) is 9.90 Å². The smallest absolute Gasteiger partial charge is 0.344 e. The van der Waals surface area contributed by atoms with E-state index in [2.05, 4.69) is 9.80 Å². The van der Waals surface area contributed by atoms with Crippen molar-refractivity contribution >= 4 is 11.0 Å². The number of phenols is 1. The Bertz CT molecular complexity index is 1210. The van der Waals surface area contributed by atoms with Crippen molar-refractivity contribution in [3.8, 4) is 16.9 Å². The number of piperidine rings is 2. The second-order valence-electron chi connectivity index (χ2n) is 10.4. The van der Waals surface area contributed by atoms with Crippen LogP contribution >= 0.6 is 0 Å². The second-order valence-corrected chi connectivity index (χ2v) is 10.4. The van der Waals surface area contributed by atoms with Gasteiger partial charge in [-0.15, -0.1) is 0 Å². The molecule has 3 heterocycles. The second kappa shape index (κ2) is 11.6. The Morgan fingerprint density at radius 2 is 1.92 bits per heavy atom. The lowest BCUT2D eigenvalue weighted by Gasteiger charge is -2.45. The van der Waals surface area contributed by atoms with Crippen molar-refractivity contribution in [2.24, 2.45) is 5.92 Å². The Morgan fingerprint density at radius 3 is 2.75 bits per heavy atom. The van der Waals surface area contributed by atoms with Gasteiger partial charge in [-0.1, -0.05) is 36.8 Å². The lowest BCUT2D eigenvalue weighted by atomic mass is 9.83. The number of benzene rings is 2. The van der Waals surface area contributed by atoms with Gasteiger partial charge >= 0.3 is 5.63 Å². The molecule has 2 aliphatic heterocycles. The van der Waals surface area contributed by atoms with E-state index in [0.717, 1.165) is 30.5 Å². The molecule has 0 aliphatic carbocycles. The minimum Gasteiger partial charge on any atom is -0.507 e. The first kappa shape index (κ1) is 25.0. The van der Waals surface area contributed by atoms with Crippen LogP contribution in [0, 0.1) is 5.92 Å². The Kier molecular flexibility index (Phi) is 8.05. The number of ether oxygens (including phenoxy) is 1. The van der Waals surface area contributed by atoms with E-state index in [-0.39, 0.29) is 11.4 Å². The zero-order valence-electron chi connectivity index (χ0n) is 21.3. The Hall–Kier alpha value is -2.67. The molecule has 1 N–H and O–H groups in total. The Morgan fingerprint density at radius 1 is 1.08 bits per heavy atom. The van der Waals surface area contributed by atoms with Crippen LogP contribution in [-0.2, 0) is 11.3 Å². The molecule has 2 unspecified atom stereocenters. The molecule has 2 saturated heterocycles. The molecule has 6 heteroatoms. The molecule has 192 valence electrons. The first-order chi connectivity index (χ1) is 17.6. The summed E-state index contributed by atoms with van der Waals surface area (Å²) in [5.41, 5.74) is 2.17. The van der Waals surface area contributed by atoms with E-state index in [1.54, 1.807) is 13.2 Å². The van der Waals surface area contributed by atoms with Gasteiger partial charge in [-0.25, -0.2) is 4.79 Å². The highest BCUT2D eigenvalue weighted by molar-refractivity contribution is 5.85. The van der Waals surface area contributed by atoms with E-state index in [1.165, 1.54) is 45.2 Å². The van der Waals surface area contributed by atoms with Crippen molar-refractivity contribution in [1.82, 2.24) is 9.80 Å². The third-order valence-electron chi connectivity index (χ3n) is 7.99. The monoisotopic (exact) mass is 490 g/mol. The van der Waals surface area contributed by atoms with E-state index < -0.39 is 0 Å². The topological polar surface area (TPSA) is 66.2 Å². The molecule has 0 radical (unpaired) electrons. The van der Waals surface area contributed by atoms with E-state index in [4.69, 9.17) is 9.15 Å². The van der Waals surface area contributed by atoms with E-state index >= 15 is 0 Å². The third-order valence-corrected chi connectivity index (χ3v) is 7.99. The summed E-state index contributed by atoms with van der Waals surface area (Å²) in [6.45, 7) is 5.55. The lowest BCUT2D eigenvalue weighted by Crippen LogP contribution is -2.51. The minimum absolute atomic E-state index is 0.179. The predicted octanol–water partition coefficient (Wildman–Crippen LogP) is 5.27. The number of fused-ring (bicyclic) bond motifs is 2. The van der Waals surface area contributed by atoms with Crippen LogP contribution in [0.5, 0.6) is 5.75 Å². The summed E-state index contributed by atoms with van der Waals surface area (Å²) in [5.74, 6) is 0.799. The molecule has 5 rings (SSSR count). The summed E-state index contributed by atoms with van der Waals surface area (Å²) >= 11 is 0. The standard InChI is InChI=1S/C30H38N2O4/c1-35-18-8-15-31(20-24-11-7-17-32-16-6-5-12-27(24)32)21-26-28(33)14-13-23-19-25(30(34)36-29(23)26)22-9-3-2-4-10-22/h2-4,9-10,13-14,19,24,27,33H,5-8,11-12,15-18,20-21H2,1H3. The maximum atomic E-state index is 13.0. The molecule has 2 fully saturated rings. The summed E-state index contributed by atoms with van der Waals surface area (Å²) in [6, 6.07) is 15.7. The molecule has 3 aromatic rings. The van der Waals surface area contributed by atoms with Gasteiger partial charge in [0.15, 0.2) is 0 Å². The van der Waals surface area contributed by atoms with Crippen LogP contribution in [0.3, 0.4) is 0 Å². The van der Waals surface area contributed by atoms with Gasteiger partial charge in [0.1, 0.15) is 11.3 Å². The molecular weight excluding hydrogens is 452 g/mol. The van der Waals surface area contributed by atoms with Gasteiger partial charge in [-0.2, -0.15) is 0 Å². The fraction of sp³-hybridized carbons (Fsp3) is 0.500. The van der Waals surface area contributed by atoms with Crippen molar-refractivity contribution < 1.29 is 14.3 Å². The SMILES string of the molecule is COCCCN(Cc1c(O)ccc2cc(-c3ccccc3)c(=O)oc12)CC1CCCN2CCCCC12. The van der Waals surface area contributed by atoms with Gasteiger partial charge in [0.05, 0.1) is 11.1 Å². The van der Waals surface area contributed by atoms with Gasteiger partial charge in [0.2, 0.25) is 0 Å². The molecule has 36 heavy (non-hydrogen) atoms. The molecule has 2 atom stereocenters. The molecule has 0 spiro atoms. The molecule has 1 aromatic heterocycles. The van der Waals surface area contributed by atoms with Crippen molar-refractivity contribution in [3.63, 3.8) is 0 Å². The fourth-order valence-corrected chi connectivity index (χ4v) is 6.22. The van der Waals surface area contributed by atoms with Crippen LogP contribution in [0.2, 0.25) is 0 Å². The largest absolute Gasteiger partial charge is 0.507 e. The highest BCUT2D eigenvalue weighted by Crippen LogP contribution is 2.34. The summed E-state index contributed by atoms with van der Waals surface area (Å²) in [6.07, 6.45) is 7.34. The van der Waals surface area contributed by atoms with Crippen LogP contribution in [0.25, 0.3) is 22.1 Å². The van der Waals surface area contributed by atoms with Crippen molar-refractivity contribution in [1.29, 1.82) is 0 Å². The number of hydrogen-bond donors (Lipinski definition) is 1. The minimum atomic E-state index is -0.378. The summed E-state index contributed by atoms with van der Waals surface area (Å²) in [5, 5.41) is 11.7. The molecule has 0 bridgehead atoms. The van der Waals surface area contributed by atoms with Crippen molar-refractivity contribution in [2.75, 3.05) is 39.9 Å². The number of rotatable bonds is 9. The number of phenolic OH excluding ortho intramolecular Hbond substituents is 1. The van der Waals surface area contributed by atoms with Crippen molar-refractivity contribution in [2.45, 2.75) is 51.1 Å². The molecule has 0 saturated carbocycles. The van der Waals surface area contributed by atoms with E-state index in [1.807, 2.05) is 42.5 Å². The van der Waals surface area contributed by atoms with Crippen LogP contribution < -0.4 is 5.63 Å². The summed E-state index contributed by atoms with van der Waals surface area (Å²) in [4.78, 5) is 18.1. The zero-order valence-corrected chi connectivity index (χ0v) is 21.3. The molecule has 2 aliphatic rings. The zero-order chi connectivity index (χ0) is 24.9. The quantitative estimate of drug-likeness (QED) is 0.326. The highest BCUT2D eigenvalue weighted by Gasteiger charge is 2.34. The van der Waals surface area contributed by atoms with E-state index in [0.29, 0.717) is 41.8 Å². The fourth-order valence-electron chi connectivity index (χ4n) is 6.22. The maximum Gasteiger partial charge on any atom is 0.344 e. The van der Waals surface area contributed by atoms with Crippen molar-refractivity contribution in [3.05, 3.63) is 64.5 Å². The molecule has 6 nitrogen and oxygen atoms in total. The van der Waals surface area contributed by atoms with Crippen LogP contribution in [0.1, 0.15) is 44.1 Å². The summed E-state index contributed by atoms with van der Waals surface area (Å²) < 4.78 is 11.2. The van der Waals surface area contributed by atoms with Gasteiger partial charge in [-0.05, 0) is 74.9 Å². The van der Waals surface area contributed by atoms with Gasteiger partial charge in [0.25, 0.3) is 0 Å². The normalized spacial score (nSPS) is 20.6. The maximum absolute atomic E-state index is 13.0. The number of nitrogens with zero attached hydrogens (tertiary/aromatic N) is 2. The van der Waals surface area contributed by atoms with Crippen LogP contribution in [0.4, 0.5) is 0 Å². The van der Waals surface area contributed by atoms with Gasteiger partial charge in [-0.3, -0.25) is 4.90 Å². The molecule has 0 amide bonds. The van der Waals surface area contributed by atoms with Gasteiger partial charge < -0.3 is 19.2 Å². The summed E-state index contributed by atoms with van der Waals surface area (Å²) in [7, 11) is 1.74. The average Bonchev–Trinajstić information content (AvgIpc) is 2.91. The molecule has 2 aromatic carbocycles. The highest BCUT2D eigenvalue weighted by atomic mass is 16.5. The Balaban J connectivity index is 1.44. The number of aromatic hydroxyl groups is 1. The predicted molar refractivity (Wildman–Crippen MR) is 143 cm³/mol. The van der Waals surface area contributed by atoms with Crippen LogP contribution in [-0.4, -0.2) is 60.8 Å². The third kappa shape index (κ3) is 5.51. The van der Waals surface area contributed by atoms with Gasteiger partial charge in [0, 0.05) is 44.8 Å². The Labute approximate surface area is 213 Å².